The first kappa shape index (κ1) is 13.7. The largest absolute Gasteiger partial charge is 0.327 e. The third kappa shape index (κ3) is 3.04. The van der Waals surface area contributed by atoms with Crippen LogP contribution in [0, 0.1) is 12.3 Å². The fourth-order valence-corrected chi connectivity index (χ4v) is 2.25. The van der Waals surface area contributed by atoms with Crippen molar-refractivity contribution in [3.63, 3.8) is 0 Å². The zero-order valence-electron chi connectivity index (χ0n) is 10.6. The van der Waals surface area contributed by atoms with Crippen molar-refractivity contribution in [2.75, 3.05) is 13.1 Å². The molecule has 1 heterocycles. The van der Waals surface area contributed by atoms with E-state index in [1.807, 2.05) is 27.7 Å². The first-order valence-corrected chi connectivity index (χ1v) is 6.24. The van der Waals surface area contributed by atoms with Gasteiger partial charge in [0.2, 0.25) is 0 Å². The van der Waals surface area contributed by atoms with E-state index in [0.717, 1.165) is 17.2 Å². The molecule has 17 heavy (non-hydrogen) atoms. The van der Waals surface area contributed by atoms with Gasteiger partial charge < -0.3 is 4.90 Å². The summed E-state index contributed by atoms with van der Waals surface area (Å²) in [6.45, 7) is 8.84. The second-order valence-electron chi connectivity index (χ2n) is 4.72. The van der Waals surface area contributed by atoms with Crippen molar-refractivity contribution in [2.24, 2.45) is 0 Å². The van der Waals surface area contributed by atoms with Crippen molar-refractivity contribution in [1.82, 2.24) is 14.5 Å². The normalized spacial score (nSPS) is 11.0. The topological polar surface area (TPSA) is 46.1 Å². The average Bonchev–Trinajstić information content (AvgIpc) is 2.73. The van der Waals surface area contributed by atoms with E-state index in [0.29, 0.717) is 18.0 Å². The SMILES string of the molecule is C#CCN(CC)C(=O)c1snnc1C(C)(C)C. The fraction of sp³-hybridized carbons (Fsp3) is 0.583. The fourth-order valence-electron chi connectivity index (χ4n) is 1.40. The minimum absolute atomic E-state index is 0.0784. The lowest BCUT2D eigenvalue weighted by Gasteiger charge is -2.20. The number of hydrogen-bond acceptors (Lipinski definition) is 4. The summed E-state index contributed by atoms with van der Waals surface area (Å²) in [5.74, 6) is 2.41. The molecule has 0 fully saturated rings. The molecular weight excluding hydrogens is 234 g/mol. The van der Waals surface area contributed by atoms with Crippen LogP contribution in [-0.2, 0) is 5.41 Å². The van der Waals surface area contributed by atoms with E-state index in [1.54, 1.807) is 4.90 Å². The van der Waals surface area contributed by atoms with Crippen LogP contribution in [0.25, 0.3) is 0 Å². The second-order valence-corrected chi connectivity index (χ2v) is 5.48. The van der Waals surface area contributed by atoms with Gasteiger partial charge in [0.1, 0.15) is 4.88 Å². The molecule has 0 radical (unpaired) electrons. The maximum atomic E-state index is 12.3. The Kier molecular flexibility index (Phi) is 4.24. The molecule has 1 rings (SSSR count). The molecular formula is C12H17N3OS. The molecule has 4 nitrogen and oxygen atoms in total. The lowest BCUT2D eigenvalue weighted by atomic mass is 9.91. The van der Waals surface area contributed by atoms with Crippen LogP contribution in [0.3, 0.4) is 0 Å². The molecule has 1 aromatic heterocycles. The van der Waals surface area contributed by atoms with Crippen molar-refractivity contribution in [3.05, 3.63) is 10.6 Å². The Morgan fingerprint density at radius 3 is 2.65 bits per heavy atom. The molecule has 0 aliphatic carbocycles. The number of amides is 1. The third-order valence-electron chi connectivity index (χ3n) is 2.34. The number of rotatable bonds is 3. The number of aromatic nitrogens is 2. The Morgan fingerprint density at radius 1 is 1.53 bits per heavy atom. The Labute approximate surface area is 106 Å². The van der Waals surface area contributed by atoms with E-state index in [2.05, 4.69) is 15.5 Å². The monoisotopic (exact) mass is 251 g/mol. The highest BCUT2D eigenvalue weighted by Crippen LogP contribution is 2.26. The maximum absolute atomic E-state index is 12.3. The van der Waals surface area contributed by atoms with E-state index < -0.39 is 0 Å². The van der Waals surface area contributed by atoms with E-state index >= 15 is 0 Å². The van der Waals surface area contributed by atoms with Crippen LogP contribution in [-0.4, -0.2) is 33.5 Å². The molecule has 0 aromatic carbocycles. The van der Waals surface area contributed by atoms with Crippen molar-refractivity contribution in [2.45, 2.75) is 33.1 Å². The molecule has 0 bridgehead atoms. The van der Waals surface area contributed by atoms with Gasteiger partial charge in [-0.05, 0) is 18.5 Å². The van der Waals surface area contributed by atoms with Crippen molar-refractivity contribution in [1.29, 1.82) is 0 Å². The summed E-state index contributed by atoms with van der Waals surface area (Å²) >= 11 is 1.13. The Bertz CT molecular complexity index is 439. The summed E-state index contributed by atoms with van der Waals surface area (Å²) in [5.41, 5.74) is 0.552. The summed E-state index contributed by atoms with van der Waals surface area (Å²) in [7, 11) is 0. The van der Waals surface area contributed by atoms with Gasteiger partial charge in [0.05, 0.1) is 12.2 Å². The zero-order chi connectivity index (χ0) is 13.1. The van der Waals surface area contributed by atoms with E-state index in [1.165, 1.54) is 0 Å². The maximum Gasteiger partial charge on any atom is 0.268 e. The molecule has 1 amide bonds. The van der Waals surface area contributed by atoms with Gasteiger partial charge in [0, 0.05) is 12.0 Å². The van der Waals surface area contributed by atoms with Gasteiger partial charge in [-0.3, -0.25) is 4.79 Å². The highest BCUT2D eigenvalue weighted by molar-refractivity contribution is 7.08. The first-order valence-electron chi connectivity index (χ1n) is 5.47. The number of terminal acetylenes is 1. The predicted octanol–water partition coefficient (Wildman–Crippen LogP) is 1.93. The summed E-state index contributed by atoms with van der Waals surface area (Å²) < 4.78 is 3.88. The van der Waals surface area contributed by atoms with Gasteiger partial charge in [-0.2, -0.15) is 0 Å². The number of carbonyl (C=O) groups excluding carboxylic acids is 1. The Hall–Kier alpha value is -1.41. The van der Waals surface area contributed by atoms with Gasteiger partial charge in [-0.25, -0.2) is 0 Å². The highest BCUT2D eigenvalue weighted by atomic mass is 32.1. The predicted molar refractivity (Wildman–Crippen MR) is 69.0 cm³/mol. The summed E-state index contributed by atoms with van der Waals surface area (Å²) in [4.78, 5) is 14.5. The van der Waals surface area contributed by atoms with Crippen LogP contribution >= 0.6 is 11.5 Å². The molecule has 92 valence electrons. The van der Waals surface area contributed by atoms with Crippen molar-refractivity contribution < 1.29 is 4.79 Å². The van der Waals surface area contributed by atoms with E-state index in [4.69, 9.17) is 6.42 Å². The van der Waals surface area contributed by atoms with Crippen LogP contribution in [0.5, 0.6) is 0 Å². The van der Waals surface area contributed by atoms with Gasteiger partial charge in [0.25, 0.3) is 5.91 Å². The lowest BCUT2D eigenvalue weighted by Crippen LogP contribution is -2.32. The van der Waals surface area contributed by atoms with Gasteiger partial charge in [-0.1, -0.05) is 31.2 Å². The molecule has 5 heteroatoms. The summed E-state index contributed by atoms with van der Waals surface area (Å²) in [5, 5.41) is 4.05. The lowest BCUT2D eigenvalue weighted by molar-refractivity contribution is 0.0787. The van der Waals surface area contributed by atoms with Gasteiger partial charge >= 0.3 is 0 Å². The van der Waals surface area contributed by atoms with Crippen LogP contribution in [0.15, 0.2) is 0 Å². The molecule has 0 spiro atoms. The molecule has 0 saturated carbocycles. The minimum Gasteiger partial charge on any atom is -0.327 e. The second kappa shape index (κ2) is 5.28. The molecule has 0 atom stereocenters. The van der Waals surface area contributed by atoms with Gasteiger partial charge in [-0.15, -0.1) is 11.5 Å². The number of nitrogens with zero attached hydrogens (tertiary/aromatic N) is 3. The highest BCUT2D eigenvalue weighted by Gasteiger charge is 2.28. The molecule has 0 unspecified atom stereocenters. The molecule has 1 aromatic rings. The quantitative estimate of drug-likeness (QED) is 0.771. The Balaban J connectivity index is 3.05. The number of carbonyl (C=O) groups is 1. The standard InChI is InChI=1S/C12H17N3OS/c1-6-8-15(7-2)11(16)9-10(12(3,4)5)13-14-17-9/h1H,7-8H2,2-5H3. The van der Waals surface area contributed by atoms with E-state index in [9.17, 15) is 4.79 Å². The first-order chi connectivity index (χ1) is 7.91. The van der Waals surface area contributed by atoms with E-state index in [-0.39, 0.29) is 11.3 Å². The van der Waals surface area contributed by atoms with Crippen molar-refractivity contribution >= 4 is 17.4 Å². The average molecular weight is 251 g/mol. The summed E-state index contributed by atoms with van der Waals surface area (Å²) in [6, 6.07) is 0. The molecule has 0 N–H and O–H groups in total. The summed E-state index contributed by atoms with van der Waals surface area (Å²) in [6.07, 6.45) is 5.25. The Morgan fingerprint density at radius 2 is 2.18 bits per heavy atom. The van der Waals surface area contributed by atoms with Crippen molar-refractivity contribution in [3.8, 4) is 12.3 Å². The number of hydrogen-bond donors (Lipinski definition) is 0. The van der Waals surface area contributed by atoms with Crippen LogP contribution < -0.4 is 0 Å². The van der Waals surface area contributed by atoms with Gasteiger partial charge in [0.15, 0.2) is 0 Å². The van der Waals surface area contributed by atoms with Crippen LogP contribution in [0.2, 0.25) is 0 Å². The molecule has 0 aliphatic rings. The van der Waals surface area contributed by atoms with Crippen LogP contribution in [0.4, 0.5) is 0 Å². The third-order valence-corrected chi connectivity index (χ3v) is 3.06. The molecule has 0 saturated heterocycles. The smallest absolute Gasteiger partial charge is 0.268 e. The zero-order valence-corrected chi connectivity index (χ0v) is 11.5. The minimum atomic E-state index is -0.187. The molecule has 0 aliphatic heterocycles. The van der Waals surface area contributed by atoms with Crippen LogP contribution in [0.1, 0.15) is 43.1 Å².